The average molecular weight is 499 g/mol. The minimum atomic E-state index is -3.75. The molecule has 33 heavy (non-hydrogen) atoms. The second-order valence-electron chi connectivity index (χ2n) is 7.71. The zero-order valence-corrected chi connectivity index (χ0v) is 20.9. The molecule has 0 spiro atoms. The zero-order chi connectivity index (χ0) is 24.4. The van der Waals surface area contributed by atoms with Gasteiger partial charge in [-0.2, -0.15) is 8.61 Å². The predicted molar refractivity (Wildman–Crippen MR) is 124 cm³/mol. The van der Waals surface area contributed by atoms with Gasteiger partial charge in [-0.05, 0) is 30.7 Å². The lowest BCUT2D eigenvalue weighted by Crippen LogP contribution is -2.40. The summed E-state index contributed by atoms with van der Waals surface area (Å²) in [6, 6.07) is 5.89. The third-order valence-electron chi connectivity index (χ3n) is 5.62. The van der Waals surface area contributed by atoms with E-state index in [1.54, 1.807) is 33.9 Å². The third kappa shape index (κ3) is 5.14. The number of sulfonamides is 2. The quantitative estimate of drug-likeness (QED) is 0.591. The first-order valence-electron chi connectivity index (χ1n) is 10.7. The molecule has 1 saturated heterocycles. The molecule has 3 rings (SSSR count). The van der Waals surface area contributed by atoms with E-state index >= 15 is 0 Å². The van der Waals surface area contributed by atoms with Crippen LogP contribution in [-0.2, 0) is 31.8 Å². The number of aromatic nitrogens is 1. The minimum Gasteiger partial charge on any atom is -0.379 e. The number of hydrogen-bond acceptors (Lipinski definition) is 6. The van der Waals surface area contributed by atoms with Gasteiger partial charge in [0.15, 0.2) is 0 Å². The molecule has 0 aliphatic carbocycles. The first-order valence-corrected chi connectivity index (χ1v) is 13.6. The van der Waals surface area contributed by atoms with Crippen LogP contribution in [0.3, 0.4) is 0 Å². The molecule has 10 nitrogen and oxygen atoms in total. The van der Waals surface area contributed by atoms with E-state index in [1.165, 1.54) is 37.6 Å². The third-order valence-corrected chi connectivity index (χ3v) is 9.53. The maximum absolute atomic E-state index is 13.0. The fraction of sp³-hybridized carbons (Fsp3) is 0.476. The highest BCUT2D eigenvalue weighted by Crippen LogP contribution is 2.25. The number of aryl methyl sites for hydroxylation is 2. The Bertz CT molecular complexity index is 1230. The van der Waals surface area contributed by atoms with Crippen LogP contribution in [-0.4, -0.2) is 75.3 Å². The number of carbonyl (C=O) groups is 1. The number of anilines is 1. The standard InChI is InChI=1S/C21H30N4O6S2/c1-5-24(6-2)32(27,28)17-8-7-16(3)19(13-17)22-21(26)20-14-18(15-23(20)4)33(29,30)25-9-11-31-12-10-25/h7-8,13-15H,5-6,9-12H2,1-4H3,(H,22,26). The molecule has 0 unspecified atom stereocenters. The molecule has 2 heterocycles. The van der Waals surface area contributed by atoms with Gasteiger partial charge in [-0.15, -0.1) is 0 Å². The van der Waals surface area contributed by atoms with E-state index in [2.05, 4.69) is 5.32 Å². The number of rotatable bonds is 8. The molecule has 2 aromatic rings. The Morgan fingerprint density at radius 1 is 1.06 bits per heavy atom. The van der Waals surface area contributed by atoms with Crippen LogP contribution in [0, 0.1) is 6.92 Å². The molecule has 1 amide bonds. The smallest absolute Gasteiger partial charge is 0.272 e. The number of morpholine rings is 1. The molecular formula is C21H30N4O6S2. The van der Waals surface area contributed by atoms with Crippen molar-refractivity contribution in [2.45, 2.75) is 30.6 Å². The maximum Gasteiger partial charge on any atom is 0.272 e. The van der Waals surface area contributed by atoms with Crippen LogP contribution in [0.4, 0.5) is 5.69 Å². The lowest BCUT2D eigenvalue weighted by molar-refractivity contribution is 0.0730. The Kier molecular flexibility index (Phi) is 7.64. The summed E-state index contributed by atoms with van der Waals surface area (Å²) in [7, 11) is -5.86. The van der Waals surface area contributed by atoms with E-state index in [0.29, 0.717) is 37.6 Å². The molecule has 1 aromatic heterocycles. The largest absolute Gasteiger partial charge is 0.379 e. The number of amides is 1. The van der Waals surface area contributed by atoms with Crippen molar-refractivity contribution in [3.8, 4) is 0 Å². The van der Waals surface area contributed by atoms with E-state index < -0.39 is 26.0 Å². The summed E-state index contributed by atoms with van der Waals surface area (Å²) in [5.41, 5.74) is 1.16. The molecule has 1 aliphatic heterocycles. The number of nitrogens with one attached hydrogen (secondary N) is 1. The summed E-state index contributed by atoms with van der Waals surface area (Å²) in [5, 5.41) is 2.73. The lowest BCUT2D eigenvalue weighted by atomic mass is 10.2. The van der Waals surface area contributed by atoms with Gasteiger partial charge < -0.3 is 14.6 Å². The van der Waals surface area contributed by atoms with Crippen molar-refractivity contribution in [1.82, 2.24) is 13.2 Å². The zero-order valence-electron chi connectivity index (χ0n) is 19.2. The van der Waals surface area contributed by atoms with Gasteiger partial charge in [0.1, 0.15) is 10.6 Å². The van der Waals surface area contributed by atoms with Crippen LogP contribution in [0.1, 0.15) is 29.9 Å². The van der Waals surface area contributed by atoms with Gasteiger partial charge in [0.2, 0.25) is 20.0 Å². The summed E-state index contributed by atoms with van der Waals surface area (Å²) in [6.07, 6.45) is 1.40. The number of ether oxygens (including phenoxy) is 1. The van der Waals surface area contributed by atoms with E-state index in [-0.39, 0.29) is 28.6 Å². The highest BCUT2D eigenvalue weighted by Gasteiger charge is 2.29. The Labute approximate surface area is 195 Å². The van der Waals surface area contributed by atoms with Crippen LogP contribution in [0.2, 0.25) is 0 Å². The molecule has 182 valence electrons. The molecule has 1 aliphatic rings. The molecule has 0 saturated carbocycles. The molecule has 1 fully saturated rings. The number of hydrogen-bond donors (Lipinski definition) is 1. The normalized spacial score (nSPS) is 15.7. The van der Waals surface area contributed by atoms with Gasteiger partial charge >= 0.3 is 0 Å². The first-order chi connectivity index (χ1) is 15.5. The second kappa shape index (κ2) is 9.94. The predicted octanol–water partition coefficient (Wildman–Crippen LogP) is 1.64. The van der Waals surface area contributed by atoms with Gasteiger partial charge in [-0.3, -0.25) is 4.79 Å². The van der Waals surface area contributed by atoms with Crippen molar-refractivity contribution in [2.24, 2.45) is 7.05 Å². The van der Waals surface area contributed by atoms with E-state index in [1.807, 2.05) is 0 Å². The van der Waals surface area contributed by atoms with Crippen LogP contribution in [0.25, 0.3) is 0 Å². The highest BCUT2D eigenvalue weighted by molar-refractivity contribution is 7.89. The Hall–Kier alpha value is -2.25. The summed E-state index contributed by atoms with van der Waals surface area (Å²) < 4.78 is 60.9. The van der Waals surface area contributed by atoms with Crippen molar-refractivity contribution in [3.63, 3.8) is 0 Å². The van der Waals surface area contributed by atoms with Crippen molar-refractivity contribution >= 4 is 31.6 Å². The summed E-state index contributed by atoms with van der Waals surface area (Å²) in [5.74, 6) is -0.540. The number of carbonyl (C=O) groups excluding carboxylic acids is 1. The van der Waals surface area contributed by atoms with Crippen LogP contribution >= 0.6 is 0 Å². The van der Waals surface area contributed by atoms with Crippen molar-refractivity contribution < 1.29 is 26.4 Å². The SMILES string of the molecule is CCN(CC)S(=O)(=O)c1ccc(C)c(NC(=O)c2cc(S(=O)(=O)N3CCOCC3)cn2C)c1. The van der Waals surface area contributed by atoms with Gasteiger partial charge in [-0.25, -0.2) is 16.8 Å². The van der Waals surface area contributed by atoms with Gasteiger partial charge in [0, 0.05) is 45.1 Å². The summed E-state index contributed by atoms with van der Waals surface area (Å²) in [4.78, 5) is 13.1. The number of nitrogens with zero attached hydrogens (tertiary/aromatic N) is 3. The average Bonchev–Trinajstić information content (AvgIpc) is 3.19. The Morgan fingerprint density at radius 3 is 2.30 bits per heavy atom. The molecule has 1 N–H and O–H groups in total. The first kappa shape index (κ1) is 25.4. The molecule has 0 bridgehead atoms. The monoisotopic (exact) mass is 498 g/mol. The van der Waals surface area contributed by atoms with Gasteiger partial charge in [0.25, 0.3) is 5.91 Å². The summed E-state index contributed by atoms with van der Waals surface area (Å²) in [6.45, 7) is 7.10. The van der Waals surface area contributed by atoms with Crippen LogP contribution < -0.4 is 5.32 Å². The van der Waals surface area contributed by atoms with Gasteiger partial charge in [0.05, 0.1) is 18.1 Å². The topological polar surface area (TPSA) is 118 Å². The molecule has 0 atom stereocenters. The fourth-order valence-electron chi connectivity index (χ4n) is 3.63. The lowest BCUT2D eigenvalue weighted by Gasteiger charge is -2.25. The Morgan fingerprint density at radius 2 is 1.70 bits per heavy atom. The number of benzene rings is 1. The highest BCUT2D eigenvalue weighted by atomic mass is 32.2. The van der Waals surface area contributed by atoms with Crippen LogP contribution in [0.5, 0.6) is 0 Å². The van der Waals surface area contributed by atoms with E-state index in [4.69, 9.17) is 4.74 Å². The Balaban J connectivity index is 1.88. The molecule has 1 aromatic carbocycles. The van der Waals surface area contributed by atoms with Crippen molar-refractivity contribution in [2.75, 3.05) is 44.7 Å². The maximum atomic E-state index is 13.0. The second-order valence-corrected chi connectivity index (χ2v) is 11.6. The molecule has 0 radical (unpaired) electrons. The van der Waals surface area contributed by atoms with Gasteiger partial charge in [-0.1, -0.05) is 19.9 Å². The fourth-order valence-corrected chi connectivity index (χ4v) is 6.60. The van der Waals surface area contributed by atoms with E-state index in [0.717, 1.165) is 0 Å². The minimum absolute atomic E-state index is 0.0200. The van der Waals surface area contributed by atoms with Crippen LogP contribution in [0.15, 0.2) is 40.3 Å². The van der Waals surface area contributed by atoms with Crippen molar-refractivity contribution in [3.05, 3.63) is 41.7 Å². The summed E-state index contributed by atoms with van der Waals surface area (Å²) >= 11 is 0. The molecule has 12 heteroatoms. The van der Waals surface area contributed by atoms with E-state index in [9.17, 15) is 21.6 Å². The molecular weight excluding hydrogens is 468 g/mol. The van der Waals surface area contributed by atoms with Crippen molar-refractivity contribution in [1.29, 1.82) is 0 Å².